The number of aromatic hydroxyl groups is 1. The third kappa shape index (κ3) is 2.49. The summed E-state index contributed by atoms with van der Waals surface area (Å²) in [5.41, 5.74) is 2.42. The van der Waals surface area contributed by atoms with Gasteiger partial charge >= 0.3 is 0 Å². The molecule has 1 aromatic heterocycles. The zero-order chi connectivity index (χ0) is 13.9. The number of carbonyl (C=O) groups excluding carboxylic acids is 1. The molecule has 0 atom stereocenters. The van der Waals surface area contributed by atoms with Gasteiger partial charge in [-0.1, -0.05) is 18.2 Å². The van der Waals surface area contributed by atoms with Crippen LogP contribution in [-0.4, -0.2) is 16.0 Å². The standard InChI is InChI=1S/C16H14N2O2/c19-15-4-2-1-3-14(15)18-16(20)10-11-5-6-13-12(9-11)7-8-17-13/h1-9,17,19H,10H2,(H,18,20). The highest BCUT2D eigenvalue weighted by Gasteiger charge is 2.07. The largest absolute Gasteiger partial charge is 0.506 e. The van der Waals surface area contributed by atoms with E-state index >= 15 is 0 Å². The van der Waals surface area contributed by atoms with Crippen LogP contribution in [-0.2, 0) is 11.2 Å². The van der Waals surface area contributed by atoms with E-state index in [0.29, 0.717) is 5.69 Å². The molecule has 0 radical (unpaired) electrons. The van der Waals surface area contributed by atoms with Crippen molar-refractivity contribution in [3.63, 3.8) is 0 Å². The maximum atomic E-state index is 12.0. The van der Waals surface area contributed by atoms with Crippen LogP contribution in [0.15, 0.2) is 54.7 Å². The van der Waals surface area contributed by atoms with Gasteiger partial charge in [0.25, 0.3) is 0 Å². The van der Waals surface area contributed by atoms with Crippen molar-refractivity contribution in [2.24, 2.45) is 0 Å². The van der Waals surface area contributed by atoms with E-state index in [4.69, 9.17) is 0 Å². The van der Waals surface area contributed by atoms with E-state index in [1.54, 1.807) is 24.3 Å². The minimum atomic E-state index is -0.151. The first-order valence-electron chi connectivity index (χ1n) is 6.36. The molecule has 0 aliphatic rings. The second-order valence-electron chi connectivity index (χ2n) is 4.64. The van der Waals surface area contributed by atoms with E-state index in [2.05, 4.69) is 10.3 Å². The Morgan fingerprint density at radius 3 is 2.85 bits per heavy atom. The summed E-state index contributed by atoms with van der Waals surface area (Å²) in [6, 6.07) is 14.5. The number of hydrogen-bond acceptors (Lipinski definition) is 2. The molecule has 0 aliphatic carbocycles. The summed E-state index contributed by atoms with van der Waals surface area (Å²) in [5, 5.41) is 13.4. The summed E-state index contributed by atoms with van der Waals surface area (Å²) in [4.78, 5) is 15.1. The predicted octanol–water partition coefficient (Wildman–Crippen LogP) is 3.05. The highest BCUT2D eigenvalue weighted by Crippen LogP contribution is 2.22. The minimum Gasteiger partial charge on any atom is -0.506 e. The Morgan fingerprint density at radius 1 is 1.15 bits per heavy atom. The molecule has 4 heteroatoms. The summed E-state index contributed by atoms with van der Waals surface area (Å²) in [5.74, 6) is -0.0803. The molecular formula is C16H14N2O2. The number of benzene rings is 2. The molecule has 1 heterocycles. The number of para-hydroxylation sites is 2. The lowest BCUT2D eigenvalue weighted by molar-refractivity contribution is -0.115. The second kappa shape index (κ2) is 5.09. The number of nitrogens with one attached hydrogen (secondary N) is 2. The van der Waals surface area contributed by atoms with Crippen LogP contribution in [0.2, 0.25) is 0 Å². The molecule has 1 amide bonds. The predicted molar refractivity (Wildman–Crippen MR) is 78.7 cm³/mol. The number of carbonyl (C=O) groups is 1. The van der Waals surface area contributed by atoms with Crippen molar-refractivity contribution >= 4 is 22.5 Å². The van der Waals surface area contributed by atoms with Gasteiger partial charge in [0, 0.05) is 11.7 Å². The van der Waals surface area contributed by atoms with Gasteiger partial charge in [-0.2, -0.15) is 0 Å². The van der Waals surface area contributed by atoms with Gasteiger partial charge in [0.05, 0.1) is 12.1 Å². The number of fused-ring (bicyclic) bond motifs is 1. The van der Waals surface area contributed by atoms with E-state index in [-0.39, 0.29) is 18.1 Å². The molecule has 0 fully saturated rings. The van der Waals surface area contributed by atoms with Crippen molar-refractivity contribution in [1.82, 2.24) is 4.98 Å². The van der Waals surface area contributed by atoms with Crippen LogP contribution in [0.1, 0.15) is 5.56 Å². The molecule has 0 bridgehead atoms. The molecule has 0 saturated carbocycles. The fourth-order valence-corrected chi connectivity index (χ4v) is 2.17. The summed E-state index contributed by atoms with van der Waals surface area (Å²) < 4.78 is 0. The Hall–Kier alpha value is -2.75. The molecule has 20 heavy (non-hydrogen) atoms. The maximum Gasteiger partial charge on any atom is 0.228 e. The van der Waals surface area contributed by atoms with E-state index in [0.717, 1.165) is 16.5 Å². The number of anilines is 1. The first kappa shape index (κ1) is 12.3. The molecule has 2 aromatic carbocycles. The number of amides is 1. The normalized spacial score (nSPS) is 10.6. The molecule has 100 valence electrons. The first-order chi connectivity index (χ1) is 9.72. The Balaban J connectivity index is 1.74. The van der Waals surface area contributed by atoms with Crippen molar-refractivity contribution in [2.75, 3.05) is 5.32 Å². The highest BCUT2D eigenvalue weighted by molar-refractivity contribution is 5.94. The van der Waals surface area contributed by atoms with Crippen LogP contribution in [0.4, 0.5) is 5.69 Å². The summed E-state index contributed by atoms with van der Waals surface area (Å²) in [6.45, 7) is 0. The van der Waals surface area contributed by atoms with Crippen LogP contribution >= 0.6 is 0 Å². The summed E-state index contributed by atoms with van der Waals surface area (Å²) in [7, 11) is 0. The number of hydrogen-bond donors (Lipinski definition) is 3. The van der Waals surface area contributed by atoms with Gasteiger partial charge in [-0.15, -0.1) is 0 Å². The number of phenols is 1. The van der Waals surface area contributed by atoms with Crippen LogP contribution in [0, 0.1) is 0 Å². The molecule has 3 N–H and O–H groups in total. The van der Waals surface area contributed by atoms with Crippen LogP contribution in [0.5, 0.6) is 5.75 Å². The lowest BCUT2D eigenvalue weighted by Gasteiger charge is -2.07. The third-order valence-electron chi connectivity index (χ3n) is 3.16. The van der Waals surface area contributed by atoms with E-state index in [1.807, 2.05) is 30.5 Å². The highest BCUT2D eigenvalue weighted by atomic mass is 16.3. The molecule has 0 aliphatic heterocycles. The quantitative estimate of drug-likeness (QED) is 0.638. The SMILES string of the molecule is O=C(Cc1ccc2[nH]ccc2c1)Nc1ccccc1O. The van der Waals surface area contributed by atoms with Crippen molar-refractivity contribution in [2.45, 2.75) is 6.42 Å². The van der Waals surface area contributed by atoms with Gasteiger partial charge in [-0.05, 0) is 41.3 Å². The second-order valence-corrected chi connectivity index (χ2v) is 4.64. The fraction of sp³-hybridized carbons (Fsp3) is 0.0625. The Bertz CT molecular complexity index is 762. The number of H-pyrrole nitrogens is 1. The monoisotopic (exact) mass is 266 g/mol. The van der Waals surface area contributed by atoms with Gasteiger partial charge in [-0.25, -0.2) is 0 Å². The van der Waals surface area contributed by atoms with Crippen LogP contribution in [0.25, 0.3) is 10.9 Å². The number of rotatable bonds is 3. The lowest BCUT2D eigenvalue weighted by Crippen LogP contribution is -2.14. The van der Waals surface area contributed by atoms with Gasteiger partial charge in [0.2, 0.25) is 5.91 Å². The first-order valence-corrected chi connectivity index (χ1v) is 6.36. The maximum absolute atomic E-state index is 12.0. The molecule has 0 unspecified atom stereocenters. The van der Waals surface area contributed by atoms with Gasteiger partial charge < -0.3 is 15.4 Å². The third-order valence-corrected chi connectivity index (χ3v) is 3.16. The zero-order valence-corrected chi connectivity index (χ0v) is 10.8. The van der Waals surface area contributed by atoms with Crippen molar-refractivity contribution in [1.29, 1.82) is 0 Å². The molecule has 3 aromatic rings. The smallest absolute Gasteiger partial charge is 0.228 e. The Morgan fingerprint density at radius 2 is 2.00 bits per heavy atom. The van der Waals surface area contributed by atoms with Gasteiger partial charge in [0.1, 0.15) is 5.75 Å². The van der Waals surface area contributed by atoms with E-state index < -0.39 is 0 Å². The summed E-state index contributed by atoms with van der Waals surface area (Å²) >= 11 is 0. The minimum absolute atomic E-state index is 0.0712. The zero-order valence-electron chi connectivity index (χ0n) is 10.8. The number of aromatic nitrogens is 1. The molecule has 3 rings (SSSR count). The molecule has 0 spiro atoms. The molecular weight excluding hydrogens is 252 g/mol. The van der Waals surface area contributed by atoms with Crippen molar-refractivity contribution < 1.29 is 9.90 Å². The average molecular weight is 266 g/mol. The van der Waals surface area contributed by atoms with Crippen LogP contribution < -0.4 is 5.32 Å². The van der Waals surface area contributed by atoms with Crippen molar-refractivity contribution in [3.05, 3.63) is 60.3 Å². The topological polar surface area (TPSA) is 65.1 Å². The van der Waals surface area contributed by atoms with Gasteiger partial charge in [0.15, 0.2) is 0 Å². The fourth-order valence-electron chi connectivity index (χ4n) is 2.17. The number of aromatic amines is 1. The Labute approximate surface area is 116 Å². The lowest BCUT2D eigenvalue weighted by atomic mass is 10.1. The van der Waals surface area contributed by atoms with E-state index in [9.17, 15) is 9.90 Å². The molecule has 0 saturated heterocycles. The Kier molecular flexibility index (Phi) is 3.13. The van der Waals surface area contributed by atoms with E-state index in [1.165, 1.54) is 0 Å². The van der Waals surface area contributed by atoms with Crippen LogP contribution in [0.3, 0.4) is 0 Å². The van der Waals surface area contributed by atoms with Crippen molar-refractivity contribution in [3.8, 4) is 5.75 Å². The average Bonchev–Trinajstić information content (AvgIpc) is 2.89. The summed E-state index contributed by atoms with van der Waals surface area (Å²) in [6.07, 6.45) is 2.14. The molecule has 4 nitrogen and oxygen atoms in total. The number of phenolic OH excluding ortho intramolecular Hbond substituents is 1. The van der Waals surface area contributed by atoms with Gasteiger partial charge in [-0.3, -0.25) is 4.79 Å².